The number of carbonyl (C=O) groups excluding carboxylic acids is 1. The fourth-order valence-electron chi connectivity index (χ4n) is 2.56. The molecule has 1 aromatic heterocycles. The number of aliphatic hydroxyl groups is 1. The van der Waals surface area contributed by atoms with E-state index in [2.05, 4.69) is 10.3 Å². The predicted octanol–water partition coefficient (Wildman–Crippen LogP) is 1.89. The largest absolute Gasteiger partial charge is 0.396 e. The average Bonchev–Trinajstić information content (AvgIpc) is 2.46. The van der Waals surface area contributed by atoms with E-state index in [1.54, 1.807) is 0 Å². The first-order valence-corrected chi connectivity index (χ1v) is 6.66. The van der Waals surface area contributed by atoms with Crippen molar-refractivity contribution in [3.05, 3.63) is 29.8 Å². The fourth-order valence-corrected chi connectivity index (χ4v) is 2.56. The van der Waals surface area contributed by atoms with E-state index in [0.29, 0.717) is 6.54 Å². The van der Waals surface area contributed by atoms with Crippen LogP contribution in [-0.2, 0) is 0 Å². The van der Waals surface area contributed by atoms with E-state index in [1.807, 2.05) is 0 Å². The first-order valence-electron chi connectivity index (χ1n) is 6.66. The van der Waals surface area contributed by atoms with Gasteiger partial charge in [0.15, 0.2) is 0 Å². The van der Waals surface area contributed by atoms with Crippen molar-refractivity contribution in [3.8, 4) is 0 Å². The molecule has 0 atom stereocenters. The predicted molar refractivity (Wildman–Crippen MR) is 69.1 cm³/mol. The molecule has 104 valence electrons. The Kier molecular flexibility index (Phi) is 4.47. The van der Waals surface area contributed by atoms with Gasteiger partial charge in [0.2, 0.25) is 0 Å². The fraction of sp³-hybridized carbons (Fsp3) is 0.571. The molecule has 5 heteroatoms. The smallest absolute Gasteiger partial charge is 0.269 e. The number of aromatic nitrogens is 1. The Morgan fingerprint density at radius 3 is 2.68 bits per heavy atom. The molecule has 2 rings (SSSR count). The molecule has 1 fully saturated rings. The molecule has 1 aliphatic carbocycles. The Bertz CT molecular complexity index is 428. The molecule has 0 aliphatic heterocycles. The van der Waals surface area contributed by atoms with Gasteiger partial charge in [-0.15, -0.1) is 0 Å². The number of halogens is 1. The van der Waals surface area contributed by atoms with Gasteiger partial charge >= 0.3 is 0 Å². The molecule has 0 bridgehead atoms. The van der Waals surface area contributed by atoms with Crippen molar-refractivity contribution in [2.75, 3.05) is 13.2 Å². The van der Waals surface area contributed by atoms with E-state index in [0.717, 1.165) is 31.9 Å². The molecular weight excluding hydrogens is 247 g/mol. The zero-order chi connectivity index (χ0) is 13.7. The van der Waals surface area contributed by atoms with Gasteiger partial charge in [-0.1, -0.05) is 19.3 Å². The van der Waals surface area contributed by atoms with Crippen LogP contribution in [0.5, 0.6) is 0 Å². The van der Waals surface area contributed by atoms with Crippen LogP contribution in [0.4, 0.5) is 4.39 Å². The number of hydrogen-bond acceptors (Lipinski definition) is 3. The standard InChI is InChI=1S/C14H19FN2O2/c15-11-4-5-12(16-8-11)13(19)17-9-14(10-18)6-2-1-3-7-14/h4-5,8,18H,1-3,6-7,9-10H2,(H,17,19). The molecule has 1 saturated carbocycles. The van der Waals surface area contributed by atoms with Crippen LogP contribution in [0.25, 0.3) is 0 Å². The first-order chi connectivity index (χ1) is 9.15. The van der Waals surface area contributed by atoms with Crippen molar-refractivity contribution in [2.24, 2.45) is 5.41 Å². The first kappa shape index (κ1) is 13.9. The van der Waals surface area contributed by atoms with Crippen molar-refractivity contribution >= 4 is 5.91 Å². The van der Waals surface area contributed by atoms with E-state index < -0.39 is 5.82 Å². The topological polar surface area (TPSA) is 62.2 Å². The van der Waals surface area contributed by atoms with Crippen LogP contribution in [0.1, 0.15) is 42.6 Å². The van der Waals surface area contributed by atoms with Crippen LogP contribution in [0.15, 0.2) is 18.3 Å². The van der Waals surface area contributed by atoms with Gasteiger partial charge in [-0.05, 0) is 25.0 Å². The summed E-state index contributed by atoms with van der Waals surface area (Å²) in [5.41, 5.74) is -0.00110. The summed E-state index contributed by atoms with van der Waals surface area (Å²) in [7, 11) is 0. The second kappa shape index (κ2) is 6.10. The maximum atomic E-state index is 12.7. The lowest BCUT2D eigenvalue weighted by atomic mass is 9.74. The van der Waals surface area contributed by atoms with E-state index in [4.69, 9.17) is 0 Å². The highest BCUT2D eigenvalue weighted by atomic mass is 19.1. The number of amides is 1. The zero-order valence-electron chi connectivity index (χ0n) is 10.9. The van der Waals surface area contributed by atoms with Gasteiger partial charge in [-0.2, -0.15) is 0 Å². The number of rotatable bonds is 4. The average molecular weight is 266 g/mol. The molecular formula is C14H19FN2O2. The van der Waals surface area contributed by atoms with Gasteiger partial charge in [0.05, 0.1) is 12.8 Å². The van der Waals surface area contributed by atoms with Crippen LogP contribution in [0.3, 0.4) is 0 Å². The van der Waals surface area contributed by atoms with Crippen LogP contribution in [0, 0.1) is 11.2 Å². The highest BCUT2D eigenvalue weighted by Crippen LogP contribution is 2.35. The molecule has 1 aliphatic rings. The van der Waals surface area contributed by atoms with Gasteiger partial charge in [0.25, 0.3) is 5.91 Å². The van der Waals surface area contributed by atoms with E-state index in [1.165, 1.54) is 18.6 Å². The minimum atomic E-state index is -0.462. The number of aliphatic hydroxyl groups excluding tert-OH is 1. The molecule has 0 aromatic carbocycles. The van der Waals surface area contributed by atoms with Gasteiger partial charge in [0.1, 0.15) is 11.5 Å². The van der Waals surface area contributed by atoms with Crippen LogP contribution < -0.4 is 5.32 Å². The molecule has 1 heterocycles. The molecule has 2 N–H and O–H groups in total. The number of hydrogen-bond donors (Lipinski definition) is 2. The van der Waals surface area contributed by atoms with E-state index in [9.17, 15) is 14.3 Å². The molecule has 4 nitrogen and oxygen atoms in total. The molecule has 0 spiro atoms. The quantitative estimate of drug-likeness (QED) is 0.875. The zero-order valence-corrected chi connectivity index (χ0v) is 10.9. The molecule has 19 heavy (non-hydrogen) atoms. The second-order valence-corrected chi connectivity index (χ2v) is 5.26. The minimum absolute atomic E-state index is 0.0874. The third-order valence-electron chi connectivity index (χ3n) is 3.83. The molecule has 0 radical (unpaired) electrons. The Morgan fingerprint density at radius 1 is 1.37 bits per heavy atom. The number of carbonyl (C=O) groups is 1. The van der Waals surface area contributed by atoms with Crippen molar-refractivity contribution in [1.29, 1.82) is 0 Å². The maximum Gasteiger partial charge on any atom is 0.269 e. The van der Waals surface area contributed by atoms with Gasteiger partial charge in [-0.25, -0.2) is 9.37 Å². The van der Waals surface area contributed by atoms with Crippen LogP contribution >= 0.6 is 0 Å². The highest BCUT2D eigenvalue weighted by molar-refractivity contribution is 5.92. The summed E-state index contributed by atoms with van der Waals surface area (Å²) in [4.78, 5) is 15.6. The third kappa shape index (κ3) is 3.50. The Balaban J connectivity index is 1.93. The number of nitrogens with one attached hydrogen (secondary N) is 1. The summed E-state index contributed by atoms with van der Waals surface area (Å²) >= 11 is 0. The van der Waals surface area contributed by atoms with Crippen LogP contribution in [0.2, 0.25) is 0 Å². The Hall–Kier alpha value is -1.49. The van der Waals surface area contributed by atoms with Crippen molar-refractivity contribution in [2.45, 2.75) is 32.1 Å². The maximum absolute atomic E-state index is 12.7. The van der Waals surface area contributed by atoms with Gasteiger partial charge < -0.3 is 10.4 Å². The monoisotopic (exact) mass is 266 g/mol. The van der Waals surface area contributed by atoms with E-state index in [-0.39, 0.29) is 23.6 Å². The van der Waals surface area contributed by atoms with E-state index >= 15 is 0 Å². The molecule has 1 aromatic rings. The van der Waals surface area contributed by atoms with Crippen molar-refractivity contribution < 1.29 is 14.3 Å². The van der Waals surface area contributed by atoms with Crippen molar-refractivity contribution in [3.63, 3.8) is 0 Å². The lowest BCUT2D eigenvalue weighted by molar-refractivity contribution is 0.0715. The summed E-state index contributed by atoms with van der Waals surface area (Å²) in [5, 5.41) is 12.3. The normalized spacial score (nSPS) is 18.0. The molecule has 0 saturated heterocycles. The highest BCUT2D eigenvalue weighted by Gasteiger charge is 2.31. The Labute approximate surface area is 112 Å². The van der Waals surface area contributed by atoms with Crippen molar-refractivity contribution in [1.82, 2.24) is 10.3 Å². The SMILES string of the molecule is O=C(NCC1(CO)CCCCC1)c1ccc(F)cn1. The summed E-state index contributed by atoms with van der Waals surface area (Å²) in [6, 6.07) is 2.57. The van der Waals surface area contributed by atoms with Gasteiger partial charge in [0, 0.05) is 12.0 Å². The molecule has 1 amide bonds. The summed E-state index contributed by atoms with van der Waals surface area (Å²) in [6.45, 7) is 0.533. The molecule has 0 unspecified atom stereocenters. The Morgan fingerprint density at radius 2 is 2.11 bits per heavy atom. The number of pyridine rings is 1. The summed E-state index contributed by atoms with van der Waals surface area (Å²) < 4.78 is 12.7. The van der Waals surface area contributed by atoms with Gasteiger partial charge in [-0.3, -0.25) is 4.79 Å². The lowest BCUT2D eigenvalue weighted by Crippen LogP contribution is -2.41. The number of nitrogens with zero attached hydrogens (tertiary/aromatic N) is 1. The summed E-state index contributed by atoms with van der Waals surface area (Å²) in [6.07, 6.45) is 6.25. The lowest BCUT2D eigenvalue weighted by Gasteiger charge is -2.35. The minimum Gasteiger partial charge on any atom is -0.396 e. The third-order valence-corrected chi connectivity index (χ3v) is 3.83. The second-order valence-electron chi connectivity index (χ2n) is 5.26. The summed E-state index contributed by atoms with van der Waals surface area (Å²) in [5.74, 6) is -0.783. The van der Waals surface area contributed by atoms with Crippen LogP contribution in [-0.4, -0.2) is 29.1 Å².